The van der Waals surface area contributed by atoms with Gasteiger partial charge in [0.1, 0.15) is 5.82 Å². The molecule has 0 spiro atoms. The lowest BCUT2D eigenvalue weighted by Crippen LogP contribution is -2.14. The summed E-state index contributed by atoms with van der Waals surface area (Å²) in [4.78, 5) is 23.6. The van der Waals surface area contributed by atoms with Crippen LogP contribution in [0.1, 0.15) is 36.2 Å². The maximum absolute atomic E-state index is 11.7. The molecule has 2 aromatic heterocycles. The summed E-state index contributed by atoms with van der Waals surface area (Å²) in [7, 11) is 0. The summed E-state index contributed by atoms with van der Waals surface area (Å²) in [6, 6.07) is 0. The summed E-state index contributed by atoms with van der Waals surface area (Å²) in [5.74, 6) is 0.927. The molecule has 0 aliphatic carbocycles. The number of rotatable bonds is 3. The molecule has 7 heteroatoms. The van der Waals surface area contributed by atoms with Gasteiger partial charge in [-0.15, -0.1) is 5.10 Å². The van der Waals surface area contributed by atoms with Gasteiger partial charge >= 0.3 is 0 Å². The third-order valence-electron chi connectivity index (χ3n) is 2.06. The first-order valence-corrected chi connectivity index (χ1v) is 5.16. The summed E-state index contributed by atoms with van der Waals surface area (Å²) in [5, 5.41) is 9.10. The van der Waals surface area contributed by atoms with Crippen molar-refractivity contribution in [3.63, 3.8) is 0 Å². The molecule has 7 nitrogen and oxygen atoms in total. The molecule has 1 amide bonds. The number of aromatic nitrogens is 5. The van der Waals surface area contributed by atoms with Crippen LogP contribution in [-0.4, -0.2) is 31.1 Å². The first-order chi connectivity index (χ1) is 8.16. The van der Waals surface area contributed by atoms with E-state index < -0.39 is 5.91 Å². The average Bonchev–Trinajstić information content (AvgIpc) is 2.79. The Kier molecular flexibility index (Phi) is 3.08. The van der Waals surface area contributed by atoms with Crippen LogP contribution >= 0.6 is 0 Å². The van der Waals surface area contributed by atoms with Crippen LogP contribution in [0.5, 0.6) is 0 Å². The van der Waals surface area contributed by atoms with Crippen LogP contribution in [0.3, 0.4) is 0 Å². The van der Waals surface area contributed by atoms with Gasteiger partial charge in [-0.1, -0.05) is 13.8 Å². The highest BCUT2D eigenvalue weighted by molar-refractivity contribution is 6.00. The molecule has 0 saturated heterocycles. The van der Waals surface area contributed by atoms with Gasteiger partial charge in [0.15, 0.2) is 5.82 Å². The fraction of sp³-hybridized carbons (Fsp3) is 0.300. The summed E-state index contributed by atoms with van der Waals surface area (Å²) >= 11 is 0. The second-order valence-electron chi connectivity index (χ2n) is 3.74. The van der Waals surface area contributed by atoms with Gasteiger partial charge in [0.2, 0.25) is 5.82 Å². The van der Waals surface area contributed by atoms with Gasteiger partial charge in [-0.2, -0.15) is 0 Å². The first-order valence-electron chi connectivity index (χ1n) is 5.16. The monoisotopic (exact) mass is 232 g/mol. The zero-order chi connectivity index (χ0) is 12.3. The second kappa shape index (κ2) is 4.69. The molecular weight excluding hydrogens is 220 g/mol. The van der Waals surface area contributed by atoms with Crippen LogP contribution < -0.4 is 5.32 Å². The third-order valence-corrected chi connectivity index (χ3v) is 2.06. The van der Waals surface area contributed by atoms with E-state index in [0.29, 0.717) is 11.6 Å². The molecule has 0 unspecified atom stereocenters. The van der Waals surface area contributed by atoms with Gasteiger partial charge < -0.3 is 5.32 Å². The SMILES string of the molecule is CC(C)c1nc(C(=O)Nc2cnccn2)n[nH]1. The number of nitrogens with zero attached hydrogens (tertiary/aromatic N) is 4. The van der Waals surface area contributed by atoms with E-state index in [0.717, 1.165) is 0 Å². The number of carbonyl (C=O) groups excluding carboxylic acids is 1. The van der Waals surface area contributed by atoms with Gasteiger partial charge in [-0.05, 0) is 0 Å². The number of amides is 1. The lowest BCUT2D eigenvalue weighted by Gasteiger charge is -1.99. The number of anilines is 1. The number of hydrogen-bond acceptors (Lipinski definition) is 5. The minimum absolute atomic E-state index is 0.0966. The smallest absolute Gasteiger partial charge is 0.296 e. The van der Waals surface area contributed by atoms with Crippen LogP contribution in [0, 0.1) is 0 Å². The number of aromatic amines is 1. The molecule has 0 fully saturated rings. The summed E-state index contributed by atoms with van der Waals surface area (Å²) < 4.78 is 0. The molecule has 0 saturated carbocycles. The van der Waals surface area contributed by atoms with E-state index in [1.165, 1.54) is 18.6 Å². The number of carbonyl (C=O) groups is 1. The van der Waals surface area contributed by atoms with Gasteiger partial charge in [-0.25, -0.2) is 9.97 Å². The highest BCUT2D eigenvalue weighted by Crippen LogP contribution is 2.08. The molecule has 88 valence electrons. The Hall–Kier alpha value is -2.31. The molecule has 0 aromatic carbocycles. The fourth-order valence-electron chi connectivity index (χ4n) is 1.17. The molecule has 0 radical (unpaired) electrons. The number of hydrogen-bond donors (Lipinski definition) is 2. The zero-order valence-corrected chi connectivity index (χ0v) is 9.51. The normalized spacial score (nSPS) is 10.5. The van der Waals surface area contributed by atoms with Crippen molar-refractivity contribution < 1.29 is 4.79 Å². The van der Waals surface area contributed by atoms with Crippen LogP contribution in [0.4, 0.5) is 5.82 Å². The molecule has 2 heterocycles. The maximum Gasteiger partial charge on any atom is 0.296 e. The minimum atomic E-state index is -0.409. The third kappa shape index (κ3) is 2.63. The molecule has 2 rings (SSSR count). The molecule has 0 aliphatic heterocycles. The van der Waals surface area contributed by atoms with Crippen LogP contribution in [-0.2, 0) is 0 Å². The standard InChI is InChI=1S/C10H12N6O/c1-6(2)8-14-9(16-15-8)10(17)13-7-5-11-3-4-12-7/h3-6H,1-2H3,(H,12,13,17)(H,14,15,16). The van der Waals surface area contributed by atoms with Crippen LogP contribution in [0.2, 0.25) is 0 Å². The van der Waals surface area contributed by atoms with E-state index in [9.17, 15) is 4.79 Å². The molecular formula is C10H12N6O. The first kappa shape index (κ1) is 11.2. The largest absolute Gasteiger partial charge is 0.302 e. The molecule has 0 aliphatic rings. The van der Waals surface area contributed by atoms with E-state index in [1.807, 2.05) is 13.8 Å². The van der Waals surface area contributed by atoms with Crippen molar-refractivity contribution in [3.8, 4) is 0 Å². The predicted octanol–water partition coefficient (Wildman–Crippen LogP) is 0.970. The summed E-state index contributed by atoms with van der Waals surface area (Å²) in [6.45, 7) is 3.93. The van der Waals surface area contributed by atoms with Crippen molar-refractivity contribution in [1.82, 2.24) is 25.1 Å². The molecule has 0 atom stereocenters. The minimum Gasteiger partial charge on any atom is -0.302 e. The van der Waals surface area contributed by atoms with E-state index in [-0.39, 0.29) is 11.7 Å². The van der Waals surface area contributed by atoms with E-state index >= 15 is 0 Å². The Balaban J connectivity index is 2.10. The molecule has 2 aromatic rings. The lowest BCUT2D eigenvalue weighted by molar-refractivity contribution is 0.101. The second-order valence-corrected chi connectivity index (χ2v) is 3.74. The Morgan fingerprint density at radius 2 is 2.24 bits per heavy atom. The van der Waals surface area contributed by atoms with Crippen molar-refractivity contribution in [3.05, 3.63) is 30.2 Å². The number of H-pyrrole nitrogens is 1. The highest BCUT2D eigenvalue weighted by atomic mass is 16.2. The van der Waals surface area contributed by atoms with Gasteiger partial charge in [0.25, 0.3) is 5.91 Å². The summed E-state index contributed by atoms with van der Waals surface area (Å²) in [5.41, 5.74) is 0. The molecule has 0 bridgehead atoms. The van der Waals surface area contributed by atoms with Crippen molar-refractivity contribution in [2.45, 2.75) is 19.8 Å². The van der Waals surface area contributed by atoms with Crippen LogP contribution in [0.25, 0.3) is 0 Å². The lowest BCUT2D eigenvalue weighted by atomic mass is 10.2. The van der Waals surface area contributed by atoms with Crippen molar-refractivity contribution in [1.29, 1.82) is 0 Å². The van der Waals surface area contributed by atoms with Crippen molar-refractivity contribution >= 4 is 11.7 Å². The van der Waals surface area contributed by atoms with Gasteiger partial charge in [-0.3, -0.25) is 14.9 Å². The Morgan fingerprint density at radius 3 is 2.82 bits per heavy atom. The Morgan fingerprint density at radius 1 is 1.41 bits per heavy atom. The topological polar surface area (TPSA) is 96.5 Å². The van der Waals surface area contributed by atoms with E-state index in [2.05, 4.69) is 30.5 Å². The summed E-state index contributed by atoms with van der Waals surface area (Å²) in [6.07, 6.45) is 4.47. The van der Waals surface area contributed by atoms with E-state index in [1.54, 1.807) is 0 Å². The van der Waals surface area contributed by atoms with Gasteiger partial charge in [0, 0.05) is 18.3 Å². The van der Waals surface area contributed by atoms with Gasteiger partial charge in [0.05, 0.1) is 6.20 Å². The van der Waals surface area contributed by atoms with E-state index in [4.69, 9.17) is 0 Å². The predicted molar refractivity (Wildman–Crippen MR) is 60.5 cm³/mol. The molecule has 17 heavy (non-hydrogen) atoms. The number of nitrogens with one attached hydrogen (secondary N) is 2. The Bertz CT molecular complexity index is 507. The van der Waals surface area contributed by atoms with Crippen molar-refractivity contribution in [2.24, 2.45) is 0 Å². The fourth-order valence-corrected chi connectivity index (χ4v) is 1.17. The maximum atomic E-state index is 11.7. The highest BCUT2D eigenvalue weighted by Gasteiger charge is 2.14. The quantitative estimate of drug-likeness (QED) is 0.821. The van der Waals surface area contributed by atoms with Crippen LogP contribution in [0.15, 0.2) is 18.6 Å². The average molecular weight is 232 g/mol. The van der Waals surface area contributed by atoms with Crippen molar-refractivity contribution in [2.75, 3.05) is 5.32 Å². The Labute approximate surface area is 97.7 Å². The molecule has 2 N–H and O–H groups in total. The zero-order valence-electron chi connectivity index (χ0n) is 9.51.